The molecule has 0 saturated heterocycles. The molecular formula is C67H64N6O12S10. The standard InChI is InChI=1S/C12H11NO3S.C12H13NO2S2.2C11H11NO2S2.C11H9NO2S.C10H9NOS2/c1-2-16-7-10(14)13-11(15)8-5-3-4-6-9(8)12(13)17;1-2-15-8-7-11(14)13-9-5-3-4-6-10(9)17-12(13)16;2*1-2-14-7-10(13)12-8-5-3-4-6-9(8)16-11(12)15;1-2-9(13)12-10(14)7-5-3-4-6-8(7)11(12)15;1-2-9(12)11-7-5-3-4-6-8(7)14-10(11)13/h3-6H,2,7H2,1H3;3-6H,2,7-8H2,1H3;2*3-6H,2,7H2,1H3;3-6H,2H2,1H3;3-6H,2H2,1H3. The van der Waals surface area contributed by atoms with Gasteiger partial charge in [0.25, 0.3) is 29.5 Å². The molecule has 95 heavy (non-hydrogen) atoms. The molecule has 0 unspecified atom stereocenters. The van der Waals surface area contributed by atoms with Crippen LogP contribution in [-0.4, -0.2) is 138 Å². The fourth-order valence-electron chi connectivity index (χ4n) is 9.13. The summed E-state index contributed by atoms with van der Waals surface area (Å²) in [5.74, 6) is -1.49. The maximum atomic E-state index is 12.0. The van der Waals surface area contributed by atoms with Gasteiger partial charge in [0.05, 0.1) is 65.0 Å². The largest absolute Gasteiger partial charge is 0.381 e. The quantitative estimate of drug-likeness (QED) is 0.0692. The predicted molar refractivity (Wildman–Crippen MR) is 395 cm³/mol. The van der Waals surface area contributed by atoms with Gasteiger partial charge in [0.2, 0.25) is 17.7 Å². The number of aromatic nitrogens is 4. The Morgan fingerprint density at radius 1 is 0.337 bits per heavy atom. The second kappa shape index (κ2) is 36.7. The minimum Gasteiger partial charge on any atom is -0.381 e. The zero-order chi connectivity index (χ0) is 68.9. The summed E-state index contributed by atoms with van der Waals surface area (Å²) in [5, 5.41) is 0. The molecule has 28 heteroatoms. The highest BCUT2D eigenvalue weighted by molar-refractivity contribution is 7.81. The number of benzene rings is 6. The summed E-state index contributed by atoms with van der Waals surface area (Å²) in [6.45, 7) is 13.5. The van der Waals surface area contributed by atoms with E-state index >= 15 is 0 Å². The first-order valence-corrected chi connectivity index (χ1v) is 35.4. The van der Waals surface area contributed by atoms with Gasteiger partial charge in [0.15, 0.2) is 15.8 Å². The van der Waals surface area contributed by atoms with Crippen LogP contribution in [-0.2, 0) is 28.5 Å². The van der Waals surface area contributed by atoms with Gasteiger partial charge in [0, 0.05) is 50.4 Å². The molecule has 0 N–H and O–H groups in total. The van der Waals surface area contributed by atoms with Crippen molar-refractivity contribution in [3.8, 4) is 0 Å². The van der Waals surface area contributed by atoms with Crippen molar-refractivity contribution in [3.05, 3.63) is 184 Å². The number of rotatable bonds is 15. The number of ether oxygens (including phenoxy) is 4. The van der Waals surface area contributed by atoms with E-state index in [1.807, 2.05) is 125 Å². The number of carbonyl (C=O) groups is 8. The van der Waals surface area contributed by atoms with Crippen LogP contribution >= 0.6 is 119 Å². The number of thiazole rings is 4. The minimum atomic E-state index is -0.418. The van der Waals surface area contributed by atoms with Crippen molar-refractivity contribution in [2.75, 3.05) is 52.9 Å². The van der Waals surface area contributed by atoms with Crippen LogP contribution in [0.15, 0.2) is 146 Å². The molecule has 6 heterocycles. The summed E-state index contributed by atoms with van der Waals surface area (Å²) in [5.41, 5.74) is 5.85. The molecule has 0 bridgehead atoms. The third-order valence-electron chi connectivity index (χ3n) is 13.6. The average Bonchev–Trinajstić information content (AvgIpc) is 1.67. The molecule has 2 aliphatic heterocycles. The third-order valence-corrected chi connectivity index (χ3v) is 19.8. The zero-order valence-corrected chi connectivity index (χ0v) is 60.5. The van der Waals surface area contributed by atoms with E-state index in [0.717, 1.165) is 50.7 Å². The van der Waals surface area contributed by atoms with Crippen LogP contribution in [0, 0.1) is 15.8 Å². The summed E-state index contributed by atoms with van der Waals surface area (Å²) in [6, 6.07) is 44.9. The van der Waals surface area contributed by atoms with Crippen molar-refractivity contribution in [2.45, 2.75) is 60.8 Å². The van der Waals surface area contributed by atoms with Gasteiger partial charge in [-0.05, 0) is 137 Å². The summed E-state index contributed by atoms with van der Waals surface area (Å²) in [4.78, 5) is 97.2. The Balaban J connectivity index is 0.000000161. The van der Waals surface area contributed by atoms with E-state index in [1.54, 1.807) is 80.6 Å². The molecule has 0 saturated carbocycles. The molecule has 0 radical (unpaired) electrons. The third kappa shape index (κ3) is 18.4. The second-order valence-corrected chi connectivity index (χ2v) is 27.1. The second-order valence-electron chi connectivity index (χ2n) is 19.6. The van der Waals surface area contributed by atoms with Gasteiger partial charge in [-0.1, -0.05) is 123 Å². The summed E-state index contributed by atoms with van der Waals surface area (Å²) in [6.07, 6.45) is 1.12. The monoisotopic (exact) mass is 1460 g/mol. The number of nitrogens with zero attached hydrogens (tertiary/aromatic N) is 6. The van der Waals surface area contributed by atoms with Crippen LogP contribution in [0.1, 0.15) is 112 Å². The first-order valence-electron chi connectivity index (χ1n) is 29.7. The van der Waals surface area contributed by atoms with Crippen molar-refractivity contribution in [1.29, 1.82) is 0 Å². The van der Waals surface area contributed by atoms with Gasteiger partial charge in [-0.2, -0.15) is 0 Å². The number of hydrogen-bond donors (Lipinski definition) is 0. The van der Waals surface area contributed by atoms with E-state index < -0.39 is 5.91 Å². The molecule has 0 spiro atoms. The lowest BCUT2D eigenvalue weighted by Gasteiger charge is -2.13. The molecule has 2 aliphatic rings. The Bertz CT molecular complexity index is 4590. The smallest absolute Gasteiger partial charge is 0.266 e. The Morgan fingerprint density at radius 3 is 0.926 bits per heavy atom. The molecule has 0 atom stereocenters. The molecule has 0 fully saturated rings. The Morgan fingerprint density at radius 2 is 0.611 bits per heavy atom. The minimum absolute atomic E-state index is 0.000833. The van der Waals surface area contributed by atoms with Crippen molar-refractivity contribution in [1.82, 2.24) is 28.1 Å². The lowest BCUT2D eigenvalue weighted by atomic mass is 10.1. The summed E-state index contributed by atoms with van der Waals surface area (Å²) >= 11 is 36.8. The van der Waals surface area contributed by atoms with Crippen molar-refractivity contribution in [3.63, 3.8) is 0 Å². The fourth-order valence-corrected chi connectivity index (χ4v) is 15.3. The SMILES string of the molecule is CCC(=O)N1C(=O)c2ccccc2C1=S.CCC(=O)n1c(=S)sc2ccccc21.CCOCC(=O)N1C(=O)c2ccccc2C1=S.CCOCC(=O)n1c(=S)sc2ccccc21.CCOCC(=O)n1c(=S)sc2ccccc21.CCOCCC(=O)n1c(=S)sc2ccccc21. The van der Waals surface area contributed by atoms with Gasteiger partial charge >= 0.3 is 0 Å². The predicted octanol–water partition coefficient (Wildman–Crippen LogP) is 16.3. The topological polar surface area (TPSA) is 200 Å². The number of thiocarbonyl (C=S) groups is 2. The lowest BCUT2D eigenvalue weighted by Crippen LogP contribution is -2.38. The molecule has 18 nitrogen and oxygen atoms in total. The normalized spacial score (nSPS) is 11.9. The number of carbonyl (C=O) groups excluding carboxylic acids is 8. The van der Waals surface area contributed by atoms with Crippen LogP contribution in [0.2, 0.25) is 0 Å². The summed E-state index contributed by atoms with van der Waals surface area (Å²) in [7, 11) is 0. The Kier molecular flexibility index (Phi) is 29.1. The van der Waals surface area contributed by atoms with Crippen LogP contribution in [0.3, 0.4) is 0 Å². The lowest BCUT2D eigenvalue weighted by molar-refractivity contribution is -0.130. The number of hydrogen-bond acceptors (Lipinski definition) is 22. The van der Waals surface area contributed by atoms with E-state index in [1.165, 1.54) is 45.3 Å². The van der Waals surface area contributed by atoms with Crippen molar-refractivity contribution < 1.29 is 57.3 Å². The van der Waals surface area contributed by atoms with Crippen LogP contribution in [0.4, 0.5) is 0 Å². The van der Waals surface area contributed by atoms with E-state index in [9.17, 15) is 38.4 Å². The van der Waals surface area contributed by atoms with Gasteiger partial charge in [-0.25, -0.2) is 9.80 Å². The van der Waals surface area contributed by atoms with Gasteiger partial charge in [0.1, 0.15) is 29.8 Å². The Hall–Kier alpha value is -7.26. The number of para-hydroxylation sites is 4. The zero-order valence-electron chi connectivity index (χ0n) is 52.3. The van der Waals surface area contributed by atoms with Crippen LogP contribution in [0.25, 0.3) is 40.9 Å². The highest BCUT2D eigenvalue weighted by Gasteiger charge is 2.37. The van der Waals surface area contributed by atoms with E-state index in [2.05, 4.69) is 0 Å². The molecule has 10 aromatic rings. The highest BCUT2D eigenvalue weighted by atomic mass is 32.2. The summed E-state index contributed by atoms with van der Waals surface area (Å²) < 4.78 is 33.3. The van der Waals surface area contributed by atoms with Gasteiger partial charge in [-0.3, -0.25) is 56.6 Å². The van der Waals surface area contributed by atoms with Gasteiger partial charge < -0.3 is 18.9 Å². The molecule has 4 aromatic heterocycles. The Labute approximate surface area is 594 Å². The van der Waals surface area contributed by atoms with E-state index in [0.29, 0.717) is 88.9 Å². The molecule has 494 valence electrons. The number of imide groups is 2. The van der Waals surface area contributed by atoms with E-state index in [4.69, 9.17) is 92.3 Å². The molecule has 4 amide bonds. The number of fused-ring (bicyclic) bond motifs is 6. The molecule has 6 aromatic carbocycles. The maximum absolute atomic E-state index is 12.0. The first kappa shape index (κ1) is 75.1. The van der Waals surface area contributed by atoms with Gasteiger partial charge in [-0.15, -0.1) is 45.3 Å². The first-order chi connectivity index (χ1) is 45.8. The van der Waals surface area contributed by atoms with Crippen LogP contribution < -0.4 is 0 Å². The average molecular weight is 1470 g/mol. The van der Waals surface area contributed by atoms with E-state index in [-0.39, 0.29) is 72.6 Å². The molecular weight excluding hydrogens is 1400 g/mol. The fraction of sp³-hybridized carbons (Fsp3) is 0.254. The highest BCUT2D eigenvalue weighted by Crippen LogP contribution is 2.28. The van der Waals surface area contributed by atoms with Crippen molar-refractivity contribution >= 4 is 217 Å². The molecule has 12 rings (SSSR count). The number of amides is 4. The molecule has 0 aliphatic carbocycles. The van der Waals surface area contributed by atoms with Crippen molar-refractivity contribution in [2.24, 2.45) is 0 Å². The maximum Gasteiger partial charge on any atom is 0.266 e. The van der Waals surface area contributed by atoms with Crippen LogP contribution in [0.5, 0.6) is 0 Å².